The van der Waals surface area contributed by atoms with Crippen molar-refractivity contribution in [2.75, 3.05) is 5.73 Å². The molecule has 0 aliphatic carbocycles. The number of aryl methyl sites for hydroxylation is 1. The number of rotatable bonds is 1. The van der Waals surface area contributed by atoms with Crippen molar-refractivity contribution in [2.45, 2.75) is 6.92 Å². The van der Waals surface area contributed by atoms with Crippen molar-refractivity contribution in [3.8, 4) is 11.4 Å². The predicted octanol–water partition coefficient (Wildman–Crippen LogP) is 1.31. The number of nitrogens with one attached hydrogen (secondary N) is 1. The van der Waals surface area contributed by atoms with Gasteiger partial charge in [-0.2, -0.15) is 5.10 Å². The number of H-pyrrole nitrogens is 1. The lowest BCUT2D eigenvalue weighted by atomic mass is 10.2. The summed E-state index contributed by atoms with van der Waals surface area (Å²) in [7, 11) is 0. The maximum Gasteiger partial charge on any atom is 0.186 e. The second kappa shape index (κ2) is 3.51. The topological polar surface area (TPSA) is 93.4 Å². The van der Waals surface area contributed by atoms with Crippen LogP contribution in [0.2, 0.25) is 0 Å². The van der Waals surface area contributed by atoms with E-state index >= 15 is 0 Å². The highest BCUT2D eigenvalue weighted by molar-refractivity contribution is 5.89. The van der Waals surface area contributed by atoms with Gasteiger partial charge >= 0.3 is 0 Å². The van der Waals surface area contributed by atoms with Crippen LogP contribution in [0.25, 0.3) is 22.4 Å². The second-order valence-electron chi connectivity index (χ2n) is 3.72. The first-order valence-corrected chi connectivity index (χ1v) is 5.14. The number of hydrogen-bond donors (Lipinski definition) is 2. The zero-order valence-electron chi connectivity index (χ0n) is 9.18. The third kappa shape index (κ3) is 1.50. The van der Waals surface area contributed by atoms with Crippen molar-refractivity contribution in [1.29, 1.82) is 0 Å². The zero-order chi connectivity index (χ0) is 11.8. The fraction of sp³-hybridized carbons (Fsp3) is 0.0909. The third-order valence-electron chi connectivity index (χ3n) is 2.56. The number of aromatic amines is 1. The average Bonchev–Trinajstić information content (AvgIpc) is 2.73. The Bertz CT molecular complexity index is 673. The van der Waals surface area contributed by atoms with Gasteiger partial charge in [-0.25, -0.2) is 9.97 Å². The summed E-state index contributed by atoms with van der Waals surface area (Å²) in [6.07, 6.45) is 3.38. The van der Waals surface area contributed by atoms with Gasteiger partial charge in [0.1, 0.15) is 5.82 Å². The summed E-state index contributed by atoms with van der Waals surface area (Å²) < 4.78 is 0. The molecule has 0 radical (unpaired) electrons. The minimum absolute atomic E-state index is 0.438. The molecule has 0 saturated carbocycles. The summed E-state index contributed by atoms with van der Waals surface area (Å²) >= 11 is 0. The molecular formula is C11H10N6. The van der Waals surface area contributed by atoms with Crippen molar-refractivity contribution >= 4 is 16.9 Å². The number of pyridine rings is 1. The largest absolute Gasteiger partial charge is 0.383 e. The lowest BCUT2D eigenvalue weighted by Crippen LogP contribution is -1.97. The minimum Gasteiger partial charge on any atom is -0.383 e. The molecule has 0 aromatic carbocycles. The van der Waals surface area contributed by atoms with E-state index in [9.17, 15) is 0 Å². The molecule has 0 aliphatic rings. The summed E-state index contributed by atoms with van der Waals surface area (Å²) in [5.74, 6) is 0.997. The Morgan fingerprint density at radius 2 is 1.94 bits per heavy atom. The van der Waals surface area contributed by atoms with Gasteiger partial charge in [-0.1, -0.05) is 0 Å². The fourth-order valence-corrected chi connectivity index (χ4v) is 1.73. The third-order valence-corrected chi connectivity index (χ3v) is 2.56. The summed E-state index contributed by atoms with van der Waals surface area (Å²) in [6, 6.07) is 3.67. The molecule has 0 unspecified atom stereocenters. The van der Waals surface area contributed by atoms with Gasteiger partial charge < -0.3 is 5.73 Å². The van der Waals surface area contributed by atoms with Crippen LogP contribution in [0.15, 0.2) is 24.5 Å². The van der Waals surface area contributed by atoms with Gasteiger partial charge in [-0.3, -0.25) is 10.1 Å². The van der Waals surface area contributed by atoms with Crippen LogP contribution in [0, 0.1) is 6.92 Å². The number of anilines is 1. The Morgan fingerprint density at radius 3 is 2.71 bits per heavy atom. The molecule has 6 heteroatoms. The normalized spacial score (nSPS) is 10.9. The second-order valence-corrected chi connectivity index (χ2v) is 3.72. The molecule has 84 valence electrons. The van der Waals surface area contributed by atoms with Crippen molar-refractivity contribution in [3.63, 3.8) is 0 Å². The van der Waals surface area contributed by atoms with Crippen molar-refractivity contribution in [3.05, 3.63) is 30.2 Å². The molecule has 0 fully saturated rings. The molecule has 0 bridgehead atoms. The summed E-state index contributed by atoms with van der Waals surface area (Å²) in [6.45, 7) is 1.89. The monoisotopic (exact) mass is 226 g/mol. The SMILES string of the molecule is Cc1[nH]nc2nc(-c3ccncc3)nc(N)c12. The summed E-state index contributed by atoms with van der Waals surface area (Å²) in [5.41, 5.74) is 8.24. The molecule has 17 heavy (non-hydrogen) atoms. The van der Waals surface area contributed by atoms with E-state index in [-0.39, 0.29) is 0 Å². The molecule has 0 amide bonds. The van der Waals surface area contributed by atoms with E-state index < -0.39 is 0 Å². The van der Waals surface area contributed by atoms with E-state index in [1.807, 2.05) is 19.1 Å². The summed E-state index contributed by atoms with van der Waals surface area (Å²) in [5, 5.41) is 7.73. The molecule has 6 nitrogen and oxygen atoms in total. The predicted molar refractivity (Wildman–Crippen MR) is 64.1 cm³/mol. The lowest BCUT2D eigenvalue weighted by molar-refractivity contribution is 1.05. The quantitative estimate of drug-likeness (QED) is 0.652. The molecule has 3 rings (SSSR count). The van der Waals surface area contributed by atoms with E-state index in [2.05, 4.69) is 25.1 Å². The van der Waals surface area contributed by atoms with Crippen molar-refractivity contribution in [2.24, 2.45) is 0 Å². The smallest absolute Gasteiger partial charge is 0.186 e. The molecule has 0 aliphatic heterocycles. The molecule has 3 heterocycles. The van der Waals surface area contributed by atoms with Gasteiger partial charge in [-0.05, 0) is 19.1 Å². The lowest BCUT2D eigenvalue weighted by Gasteiger charge is -2.01. The van der Waals surface area contributed by atoms with E-state index in [4.69, 9.17) is 5.73 Å². The highest BCUT2D eigenvalue weighted by atomic mass is 15.2. The number of nitrogens with zero attached hydrogens (tertiary/aromatic N) is 4. The number of nitrogen functional groups attached to an aromatic ring is 1. The van der Waals surface area contributed by atoms with Gasteiger partial charge in [0, 0.05) is 23.7 Å². The zero-order valence-corrected chi connectivity index (χ0v) is 9.18. The molecular weight excluding hydrogens is 216 g/mol. The number of hydrogen-bond acceptors (Lipinski definition) is 5. The van der Waals surface area contributed by atoms with Crippen LogP contribution >= 0.6 is 0 Å². The van der Waals surface area contributed by atoms with Crippen LogP contribution in [0.1, 0.15) is 5.69 Å². The first kappa shape index (κ1) is 9.71. The molecule has 0 saturated heterocycles. The first-order chi connectivity index (χ1) is 8.25. The van der Waals surface area contributed by atoms with E-state index in [0.717, 1.165) is 16.6 Å². The van der Waals surface area contributed by atoms with Gasteiger partial charge in [-0.15, -0.1) is 0 Å². The minimum atomic E-state index is 0.438. The van der Waals surface area contributed by atoms with Crippen LogP contribution < -0.4 is 5.73 Å². The van der Waals surface area contributed by atoms with Gasteiger partial charge in [0.05, 0.1) is 5.39 Å². The van der Waals surface area contributed by atoms with E-state index in [1.165, 1.54) is 0 Å². The maximum absolute atomic E-state index is 5.91. The van der Waals surface area contributed by atoms with Gasteiger partial charge in [0.25, 0.3) is 0 Å². The van der Waals surface area contributed by atoms with Crippen LogP contribution in [0.5, 0.6) is 0 Å². The van der Waals surface area contributed by atoms with Crippen LogP contribution in [-0.2, 0) is 0 Å². The highest BCUT2D eigenvalue weighted by Gasteiger charge is 2.11. The number of aromatic nitrogens is 5. The van der Waals surface area contributed by atoms with Gasteiger partial charge in [0.15, 0.2) is 11.5 Å². The molecule has 0 atom stereocenters. The standard InChI is InChI=1S/C11H10N6/c1-6-8-9(12)14-10(15-11(8)17-16-6)7-2-4-13-5-3-7/h2-5H,1H3,(H3,12,14,15,16,17). The van der Waals surface area contributed by atoms with Crippen molar-refractivity contribution < 1.29 is 0 Å². The Balaban J connectivity index is 2.26. The van der Waals surface area contributed by atoms with Crippen LogP contribution in [-0.4, -0.2) is 25.1 Å². The average molecular weight is 226 g/mol. The number of fused-ring (bicyclic) bond motifs is 1. The van der Waals surface area contributed by atoms with Crippen LogP contribution in [0.3, 0.4) is 0 Å². The van der Waals surface area contributed by atoms with Crippen molar-refractivity contribution in [1.82, 2.24) is 25.1 Å². The highest BCUT2D eigenvalue weighted by Crippen LogP contribution is 2.23. The number of nitrogens with two attached hydrogens (primary N) is 1. The Labute approximate surface area is 96.9 Å². The van der Waals surface area contributed by atoms with Crippen LogP contribution in [0.4, 0.5) is 5.82 Å². The Kier molecular flexibility index (Phi) is 2.01. The fourth-order valence-electron chi connectivity index (χ4n) is 1.73. The molecule has 0 spiro atoms. The first-order valence-electron chi connectivity index (χ1n) is 5.14. The molecule has 3 N–H and O–H groups in total. The Morgan fingerprint density at radius 1 is 1.18 bits per heavy atom. The molecule has 3 aromatic heterocycles. The van der Waals surface area contributed by atoms with E-state index in [1.54, 1.807) is 12.4 Å². The molecule has 3 aromatic rings. The Hall–Kier alpha value is -2.50. The van der Waals surface area contributed by atoms with E-state index in [0.29, 0.717) is 17.3 Å². The summed E-state index contributed by atoms with van der Waals surface area (Å²) in [4.78, 5) is 12.6. The van der Waals surface area contributed by atoms with Gasteiger partial charge in [0.2, 0.25) is 0 Å². The maximum atomic E-state index is 5.91.